The van der Waals surface area contributed by atoms with E-state index in [0.717, 1.165) is 26.1 Å². The topological polar surface area (TPSA) is 18.5 Å². The predicted molar refractivity (Wildman–Crippen MR) is 44.1 cm³/mol. The first-order chi connectivity index (χ1) is 5.14. The minimum absolute atomic E-state index is 0.0230. The van der Waals surface area contributed by atoms with Crippen molar-refractivity contribution in [3.05, 3.63) is 6.92 Å². The van der Waals surface area contributed by atoms with Crippen molar-refractivity contribution in [1.82, 2.24) is 0 Å². The Bertz CT molecular complexity index is 111. The van der Waals surface area contributed by atoms with E-state index in [9.17, 15) is 0 Å². The fourth-order valence-electron chi connectivity index (χ4n) is 1.08. The van der Waals surface area contributed by atoms with Crippen LogP contribution in [0, 0.1) is 12.3 Å². The van der Waals surface area contributed by atoms with E-state index >= 15 is 0 Å². The van der Waals surface area contributed by atoms with Crippen LogP contribution in [0.15, 0.2) is 0 Å². The second-order valence-corrected chi connectivity index (χ2v) is 3.65. The van der Waals surface area contributed by atoms with Gasteiger partial charge in [-0.15, -0.1) is 0 Å². The molecule has 0 bridgehead atoms. The van der Waals surface area contributed by atoms with Crippen molar-refractivity contribution in [3.8, 4) is 0 Å². The van der Waals surface area contributed by atoms with Crippen LogP contribution in [0.1, 0.15) is 26.7 Å². The molecule has 0 aromatic rings. The fourth-order valence-corrected chi connectivity index (χ4v) is 1.08. The molecule has 11 heavy (non-hydrogen) atoms. The molecule has 0 aromatic carbocycles. The SMILES string of the molecule is [CH2]C1(C)COC(CCC)OC1. The molecule has 2 nitrogen and oxygen atoms in total. The van der Waals surface area contributed by atoms with E-state index in [1.165, 1.54) is 0 Å². The van der Waals surface area contributed by atoms with E-state index in [4.69, 9.17) is 9.47 Å². The molecule has 0 atom stereocenters. The van der Waals surface area contributed by atoms with Crippen molar-refractivity contribution < 1.29 is 9.47 Å². The van der Waals surface area contributed by atoms with E-state index in [0.29, 0.717) is 0 Å². The lowest BCUT2D eigenvalue weighted by Gasteiger charge is -2.34. The van der Waals surface area contributed by atoms with Crippen molar-refractivity contribution in [2.45, 2.75) is 33.0 Å². The van der Waals surface area contributed by atoms with Gasteiger partial charge in [-0.1, -0.05) is 20.3 Å². The zero-order valence-corrected chi connectivity index (χ0v) is 7.43. The summed E-state index contributed by atoms with van der Waals surface area (Å²) in [6.45, 7) is 9.59. The van der Waals surface area contributed by atoms with Crippen LogP contribution in [0.25, 0.3) is 0 Å². The summed E-state index contributed by atoms with van der Waals surface area (Å²) < 4.78 is 10.9. The molecule has 0 aliphatic carbocycles. The van der Waals surface area contributed by atoms with Gasteiger partial charge in [0.1, 0.15) is 0 Å². The fraction of sp³-hybridized carbons (Fsp3) is 0.889. The highest BCUT2D eigenvalue weighted by atomic mass is 16.7. The molecule has 0 unspecified atom stereocenters. The lowest BCUT2D eigenvalue weighted by Crippen LogP contribution is -2.37. The largest absolute Gasteiger partial charge is 0.352 e. The Morgan fingerprint density at radius 3 is 2.45 bits per heavy atom. The standard InChI is InChI=1S/C9H17O2/c1-4-5-8-10-6-9(2,3)7-11-8/h8H,2,4-7H2,1,3H3. The summed E-state index contributed by atoms with van der Waals surface area (Å²) in [5, 5.41) is 0. The van der Waals surface area contributed by atoms with Crippen LogP contribution in [-0.2, 0) is 9.47 Å². The molecular weight excluding hydrogens is 140 g/mol. The molecule has 1 saturated heterocycles. The number of hydrogen-bond donors (Lipinski definition) is 0. The van der Waals surface area contributed by atoms with Crippen molar-refractivity contribution >= 4 is 0 Å². The Balaban J connectivity index is 2.25. The van der Waals surface area contributed by atoms with Crippen LogP contribution in [0.3, 0.4) is 0 Å². The summed E-state index contributed by atoms with van der Waals surface area (Å²) in [7, 11) is 0. The smallest absolute Gasteiger partial charge is 0.157 e. The molecule has 1 aliphatic heterocycles. The maximum Gasteiger partial charge on any atom is 0.157 e. The van der Waals surface area contributed by atoms with Gasteiger partial charge in [-0.2, -0.15) is 0 Å². The third-order valence-corrected chi connectivity index (χ3v) is 1.76. The van der Waals surface area contributed by atoms with Crippen LogP contribution in [-0.4, -0.2) is 19.5 Å². The summed E-state index contributed by atoms with van der Waals surface area (Å²) in [5.74, 6) is 0. The molecule has 65 valence electrons. The molecule has 1 rings (SSSR count). The third kappa shape index (κ3) is 2.80. The summed E-state index contributed by atoms with van der Waals surface area (Å²) >= 11 is 0. The number of hydrogen-bond acceptors (Lipinski definition) is 2. The number of rotatable bonds is 2. The second-order valence-electron chi connectivity index (χ2n) is 3.65. The Morgan fingerprint density at radius 2 is 2.00 bits per heavy atom. The molecular formula is C9H17O2. The van der Waals surface area contributed by atoms with Gasteiger partial charge in [0.25, 0.3) is 0 Å². The molecule has 2 heteroatoms. The van der Waals surface area contributed by atoms with Crippen LogP contribution in [0.5, 0.6) is 0 Å². The van der Waals surface area contributed by atoms with Gasteiger partial charge in [-0.3, -0.25) is 0 Å². The summed E-state index contributed by atoms with van der Waals surface area (Å²) in [6.07, 6.45) is 2.13. The van der Waals surface area contributed by atoms with Gasteiger partial charge in [-0.05, 0) is 13.3 Å². The van der Waals surface area contributed by atoms with Crippen LogP contribution in [0.2, 0.25) is 0 Å². The van der Waals surface area contributed by atoms with E-state index in [2.05, 4.69) is 20.8 Å². The van der Waals surface area contributed by atoms with Gasteiger partial charge in [-0.25, -0.2) is 0 Å². The Labute approximate surface area is 68.9 Å². The molecule has 0 aromatic heterocycles. The van der Waals surface area contributed by atoms with Crippen LogP contribution in [0.4, 0.5) is 0 Å². The molecule has 1 radical (unpaired) electrons. The maximum absolute atomic E-state index is 5.45. The Morgan fingerprint density at radius 1 is 1.45 bits per heavy atom. The van der Waals surface area contributed by atoms with Gasteiger partial charge in [0.05, 0.1) is 13.2 Å². The van der Waals surface area contributed by atoms with E-state index in [1.807, 2.05) is 0 Å². The molecule has 1 aliphatic rings. The van der Waals surface area contributed by atoms with E-state index in [-0.39, 0.29) is 11.7 Å². The average molecular weight is 157 g/mol. The molecule has 0 N–H and O–H groups in total. The molecule has 0 amide bonds. The molecule has 1 fully saturated rings. The van der Waals surface area contributed by atoms with E-state index in [1.54, 1.807) is 0 Å². The number of ether oxygens (including phenoxy) is 2. The maximum atomic E-state index is 5.45. The quantitative estimate of drug-likeness (QED) is 0.610. The van der Waals surface area contributed by atoms with Gasteiger partial charge in [0.15, 0.2) is 6.29 Å². The highest BCUT2D eigenvalue weighted by molar-refractivity contribution is 4.78. The van der Waals surface area contributed by atoms with Gasteiger partial charge >= 0.3 is 0 Å². The summed E-state index contributed by atoms with van der Waals surface area (Å²) in [6, 6.07) is 0. The highest BCUT2D eigenvalue weighted by Gasteiger charge is 2.27. The first kappa shape index (κ1) is 9.01. The van der Waals surface area contributed by atoms with Gasteiger partial charge in [0, 0.05) is 5.41 Å². The first-order valence-electron chi connectivity index (χ1n) is 4.22. The lowest BCUT2D eigenvalue weighted by atomic mass is 9.95. The van der Waals surface area contributed by atoms with Gasteiger partial charge < -0.3 is 9.47 Å². The normalized spacial score (nSPS) is 25.4. The Hall–Kier alpha value is -0.0800. The zero-order chi connectivity index (χ0) is 8.32. The van der Waals surface area contributed by atoms with Crippen molar-refractivity contribution in [1.29, 1.82) is 0 Å². The average Bonchev–Trinajstić information content (AvgIpc) is 1.94. The second kappa shape index (κ2) is 3.55. The monoisotopic (exact) mass is 157 g/mol. The van der Waals surface area contributed by atoms with Crippen molar-refractivity contribution in [2.24, 2.45) is 5.41 Å². The first-order valence-corrected chi connectivity index (χ1v) is 4.22. The van der Waals surface area contributed by atoms with Gasteiger partial charge in [0.2, 0.25) is 0 Å². The third-order valence-electron chi connectivity index (χ3n) is 1.76. The zero-order valence-electron chi connectivity index (χ0n) is 7.43. The predicted octanol–water partition coefficient (Wildman–Crippen LogP) is 2.00. The summed E-state index contributed by atoms with van der Waals surface area (Å²) in [4.78, 5) is 0. The van der Waals surface area contributed by atoms with Crippen molar-refractivity contribution in [2.75, 3.05) is 13.2 Å². The highest BCUT2D eigenvalue weighted by Crippen LogP contribution is 2.23. The molecule has 0 saturated carbocycles. The minimum atomic E-state index is -0.0375. The minimum Gasteiger partial charge on any atom is -0.352 e. The molecule has 0 spiro atoms. The van der Waals surface area contributed by atoms with Crippen molar-refractivity contribution in [3.63, 3.8) is 0 Å². The molecule has 1 heterocycles. The van der Waals surface area contributed by atoms with Crippen LogP contribution >= 0.6 is 0 Å². The lowest BCUT2D eigenvalue weighted by molar-refractivity contribution is -0.217. The summed E-state index contributed by atoms with van der Waals surface area (Å²) in [5.41, 5.74) is -0.0375. The van der Waals surface area contributed by atoms with E-state index < -0.39 is 0 Å². The van der Waals surface area contributed by atoms with Crippen LogP contribution < -0.4 is 0 Å². The Kier molecular flexibility index (Phi) is 2.90.